The van der Waals surface area contributed by atoms with Crippen LogP contribution in [0.1, 0.15) is 69.5 Å². The molecule has 21 heteroatoms. The second kappa shape index (κ2) is 24.9. The molecule has 0 bridgehead atoms. The maximum absolute atomic E-state index is 13.6. The molecular formula is C53H62N5O16+. The summed E-state index contributed by atoms with van der Waals surface area (Å²) in [5, 5.41) is 9.92. The highest BCUT2D eigenvalue weighted by Gasteiger charge is 2.55. The van der Waals surface area contributed by atoms with E-state index in [1.807, 2.05) is 6.07 Å². The van der Waals surface area contributed by atoms with Crippen LogP contribution >= 0.6 is 0 Å². The standard InChI is InChI=1S/C53H62N5O16/c1-34-18-39-27-54-43-25-47(45(65-3)23-41(43)52(62)56(39)29-34)72-31-37-20-36(21-38(22-37)32-73-48-26-44-42(24-46(48)66-4)53(63)57-30-35(2)19-40(57)28-55-44)6-5-9-67-10-11-68-12-13-69-14-15-70-16-17-71-33-51(61)74-58(64)49(59)7-8-50(58)60/h20-28,39-40,64H,1-2,5-19,29-33H2,3-4H3/q+1. The van der Waals surface area contributed by atoms with Crippen molar-refractivity contribution >= 4 is 53.4 Å². The van der Waals surface area contributed by atoms with Crippen molar-refractivity contribution in [3.8, 4) is 23.0 Å². The maximum atomic E-state index is 13.6. The number of methoxy groups -OCH3 is 2. The number of aryl methyl sites for hydroxylation is 1. The molecule has 8 rings (SSSR count). The average Bonchev–Trinajstić information content (AvgIpc) is 3.99. The molecule has 3 saturated heterocycles. The Bertz CT molecular complexity index is 2540. The van der Waals surface area contributed by atoms with Crippen LogP contribution in [-0.2, 0) is 62.5 Å². The molecule has 4 amide bonds. The van der Waals surface area contributed by atoms with Crippen LogP contribution in [0.5, 0.6) is 23.0 Å². The van der Waals surface area contributed by atoms with Crippen molar-refractivity contribution in [3.63, 3.8) is 0 Å². The van der Waals surface area contributed by atoms with E-state index in [9.17, 15) is 29.2 Å². The summed E-state index contributed by atoms with van der Waals surface area (Å²) in [5.41, 5.74) is 6.63. The Morgan fingerprint density at radius 2 is 1.04 bits per heavy atom. The van der Waals surface area contributed by atoms with Crippen LogP contribution in [0.3, 0.4) is 0 Å². The van der Waals surface area contributed by atoms with Gasteiger partial charge in [-0.05, 0) is 60.6 Å². The first-order valence-electron chi connectivity index (χ1n) is 24.5. The van der Waals surface area contributed by atoms with E-state index in [0.717, 1.165) is 34.3 Å². The van der Waals surface area contributed by atoms with E-state index in [4.69, 9.17) is 42.6 Å². The van der Waals surface area contributed by atoms with Crippen LogP contribution in [0.15, 0.2) is 76.8 Å². The van der Waals surface area contributed by atoms with Gasteiger partial charge in [-0.15, -0.1) is 0 Å². The summed E-state index contributed by atoms with van der Waals surface area (Å²) in [6.45, 7) is 11.7. The SMILES string of the molecule is C=C1CC2C=Nc3cc(OCc4cc(CCCOCCOCCOCCOCCOCC(=O)O[N+]5(O)C(=O)CCC5=O)cc(COc5cc6c(cc5OC)C(=O)N5CC(=C)CC5C=N6)c4)c(OC)cc3C(=O)N2C1. The van der Waals surface area contributed by atoms with Gasteiger partial charge >= 0.3 is 17.8 Å². The third-order valence-electron chi connectivity index (χ3n) is 12.7. The van der Waals surface area contributed by atoms with Gasteiger partial charge in [-0.2, -0.15) is 5.21 Å². The van der Waals surface area contributed by atoms with Crippen molar-refractivity contribution in [2.45, 2.75) is 63.8 Å². The van der Waals surface area contributed by atoms with Gasteiger partial charge < -0.3 is 52.4 Å². The molecule has 5 aliphatic heterocycles. The molecular weight excluding hydrogens is 963 g/mol. The Hall–Kier alpha value is -6.85. The van der Waals surface area contributed by atoms with Gasteiger partial charge in [0.25, 0.3) is 11.8 Å². The lowest BCUT2D eigenvalue weighted by Crippen LogP contribution is -2.51. The normalized spacial score (nSPS) is 18.5. The predicted molar refractivity (Wildman–Crippen MR) is 264 cm³/mol. The Morgan fingerprint density at radius 3 is 1.50 bits per heavy atom. The molecule has 2 atom stereocenters. The van der Waals surface area contributed by atoms with Crippen LogP contribution in [0.25, 0.3) is 0 Å². The number of nitrogens with zero attached hydrogens (tertiary/aromatic N) is 5. The minimum absolute atomic E-state index is 0.0417. The van der Waals surface area contributed by atoms with E-state index < -0.39 is 29.2 Å². The van der Waals surface area contributed by atoms with Gasteiger partial charge in [-0.25, -0.2) is 19.2 Å². The number of ether oxygens (including phenoxy) is 9. The number of hydrogen-bond donors (Lipinski definition) is 1. The molecule has 0 aliphatic carbocycles. The van der Waals surface area contributed by atoms with Gasteiger partial charge in [0.1, 0.15) is 18.0 Å². The van der Waals surface area contributed by atoms with Crippen molar-refractivity contribution in [1.29, 1.82) is 0 Å². The number of amides is 4. The number of fused-ring (bicyclic) bond motifs is 4. The molecule has 21 nitrogen and oxygen atoms in total. The predicted octanol–water partition coefficient (Wildman–Crippen LogP) is 5.36. The minimum atomic E-state index is -1.98. The summed E-state index contributed by atoms with van der Waals surface area (Å²) in [5.74, 6) is -1.42. The summed E-state index contributed by atoms with van der Waals surface area (Å²) in [4.78, 5) is 77.8. The number of imide groups is 1. The number of rotatable bonds is 27. The first-order valence-corrected chi connectivity index (χ1v) is 24.5. The number of hydroxylamine groups is 4. The summed E-state index contributed by atoms with van der Waals surface area (Å²) in [6, 6.07) is 12.7. The van der Waals surface area contributed by atoms with Gasteiger partial charge in [0.2, 0.25) is 0 Å². The number of hydrogen-bond acceptors (Lipinski definition) is 18. The van der Waals surface area contributed by atoms with Gasteiger partial charge in [-0.1, -0.05) is 36.4 Å². The molecule has 0 aromatic heterocycles. The van der Waals surface area contributed by atoms with Crippen molar-refractivity contribution in [2.24, 2.45) is 9.98 Å². The summed E-state index contributed by atoms with van der Waals surface area (Å²) < 4.78 is 51.8. The zero-order valence-corrected chi connectivity index (χ0v) is 41.7. The van der Waals surface area contributed by atoms with Gasteiger partial charge in [0, 0.05) is 44.3 Å². The van der Waals surface area contributed by atoms with E-state index in [1.54, 1.807) is 46.5 Å². The monoisotopic (exact) mass is 1020 g/mol. The molecule has 3 aromatic rings. The van der Waals surface area contributed by atoms with Crippen molar-refractivity contribution in [1.82, 2.24) is 9.80 Å². The second-order valence-electron chi connectivity index (χ2n) is 18.2. The molecule has 74 heavy (non-hydrogen) atoms. The first-order chi connectivity index (χ1) is 35.8. The Morgan fingerprint density at radius 1 is 0.608 bits per heavy atom. The fraction of sp³-hybridized carbons (Fsp3) is 0.453. The Kier molecular flexibility index (Phi) is 18.0. The Balaban J connectivity index is 0.801. The number of carbonyl (C=O) groups excluding carboxylic acids is 5. The average molecular weight is 1030 g/mol. The molecule has 0 radical (unpaired) electrons. The van der Waals surface area contributed by atoms with E-state index in [-0.39, 0.29) is 69.8 Å². The molecule has 5 heterocycles. The molecule has 3 aromatic carbocycles. The zero-order valence-electron chi connectivity index (χ0n) is 41.7. The quantitative estimate of drug-likeness (QED) is 0.0333. The van der Waals surface area contributed by atoms with E-state index in [2.05, 4.69) is 40.1 Å². The fourth-order valence-electron chi connectivity index (χ4n) is 9.03. The molecule has 2 unspecified atom stereocenters. The lowest BCUT2D eigenvalue weighted by atomic mass is 10.0. The highest BCUT2D eigenvalue weighted by molar-refractivity contribution is 6.05. The zero-order chi connectivity index (χ0) is 52.2. The molecule has 0 saturated carbocycles. The maximum Gasteiger partial charge on any atom is 0.398 e. The number of quaternary nitrogens is 1. The van der Waals surface area contributed by atoms with Gasteiger partial charge in [0.05, 0.1) is 115 Å². The highest BCUT2D eigenvalue weighted by Crippen LogP contribution is 2.41. The molecule has 1 N–H and O–H groups in total. The topological polar surface area (TPSA) is 229 Å². The van der Waals surface area contributed by atoms with Gasteiger partial charge in [0.15, 0.2) is 29.6 Å². The van der Waals surface area contributed by atoms with Crippen LogP contribution in [0.4, 0.5) is 11.4 Å². The third-order valence-corrected chi connectivity index (χ3v) is 12.7. The van der Waals surface area contributed by atoms with E-state index >= 15 is 0 Å². The molecule has 5 aliphatic rings. The molecule has 3 fully saturated rings. The summed E-state index contributed by atoms with van der Waals surface area (Å²) >= 11 is 0. The smallest absolute Gasteiger partial charge is 0.398 e. The van der Waals surface area contributed by atoms with Crippen LogP contribution < -0.4 is 18.9 Å². The fourth-order valence-corrected chi connectivity index (χ4v) is 9.03. The molecule has 0 spiro atoms. The number of carbonyl (C=O) groups is 5. The summed E-state index contributed by atoms with van der Waals surface area (Å²) in [7, 11) is 3.07. The largest absolute Gasteiger partial charge is 0.493 e. The highest BCUT2D eigenvalue weighted by atomic mass is 17.0. The minimum Gasteiger partial charge on any atom is -0.493 e. The Labute approximate surface area is 428 Å². The summed E-state index contributed by atoms with van der Waals surface area (Å²) in [6.07, 6.45) is 5.94. The van der Waals surface area contributed by atoms with Crippen molar-refractivity contribution in [3.05, 3.63) is 94.6 Å². The van der Waals surface area contributed by atoms with Gasteiger partial charge in [-0.3, -0.25) is 19.6 Å². The van der Waals surface area contributed by atoms with E-state index in [0.29, 0.717) is 117 Å². The van der Waals surface area contributed by atoms with Crippen molar-refractivity contribution in [2.75, 3.05) is 93.4 Å². The van der Waals surface area contributed by atoms with Crippen molar-refractivity contribution < 1.29 is 81.5 Å². The molecule has 394 valence electrons. The number of aliphatic imine (C=N–C) groups is 2. The first kappa shape index (κ1) is 53.4. The third kappa shape index (κ3) is 13.1. The van der Waals surface area contributed by atoms with E-state index in [1.165, 1.54) is 14.2 Å². The van der Waals surface area contributed by atoms with Crippen LogP contribution in [0, 0.1) is 0 Å². The lowest BCUT2D eigenvalue weighted by molar-refractivity contribution is -1.12. The van der Waals surface area contributed by atoms with Crippen LogP contribution in [0.2, 0.25) is 0 Å². The van der Waals surface area contributed by atoms with Crippen LogP contribution in [-0.4, -0.2) is 167 Å². The second-order valence-corrected chi connectivity index (χ2v) is 18.2. The lowest BCUT2D eigenvalue weighted by Gasteiger charge is -2.20. The number of benzene rings is 3.